The van der Waals surface area contributed by atoms with Crippen LogP contribution in [0.4, 0.5) is 5.69 Å². The number of hydrogen-bond acceptors (Lipinski definition) is 4. The van der Waals surface area contributed by atoms with Crippen LogP contribution in [-0.2, 0) is 14.8 Å². The Bertz CT molecular complexity index is 817. The van der Waals surface area contributed by atoms with Crippen molar-refractivity contribution in [3.8, 4) is 0 Å². The van der Waals surface area contributed by atoms with Crippen molar-refractivity contribution in [1.82, 2.24) is 4.72 Å². The lowest BCUT2D eigenvalue weighted by Crippen LogP contribution is -2.26. The van der Waals surface area contributed by atoms with Crippen LogP contribution in [0, 0.1) is 6.92 Å². The Morgan fingerprint density at radius 2 is 1.84 bits per heavy atom. The first-order valence-electron chi connectivity index (χ1n) is 7.89. The predicted octanol–water partition coefficient (Wildman–Crippen LogP) is 2.56. The van der Waals surface area contributed by atoms with Crippen molar-refractivity contribution in [2.45, 2.75) is 18.2 Å². The van der Waals surface area contributed by atoms with Crippen LogP contribution in [0.1, 0.15) is 22.3 Å². The summed E-state index contributed by atoms with van der Waals surface area (Å²) in [6.07, 6.45) is 0.573. The van der Waals surface area contributed by atoms with Gasteiger partial charge in [0.1, 0.15) is 0 Å². The van der Waals surface area contributed by atoms with E-state index in [9.17, 15) is 13.2 Å². The molecular formula is C18H22N2O4S. The number of sulfonamides is 1. The second-order valence-corrected chi connectivity index (χ2v) is 7.36. The Labute approximate surface area is 148 Å². The van der Waals surface area contributed by atoms with Crippen molar-refractivity contribution in [2.75, 3.05) is 25.6 Å². The summed E-state index contributed by atoms with van der Waals surface area (Å²) in [5, 5.41) is 2.75. The molecule has 0 radical (unpaired) electrons. The van der Waals surface area contributed by atoms with Gasteiger partial charge in [0.15, 0.2) is 0 Å². The molecule has 2 N–H and O–H groups in total. The number of nitrogens with one attached hydrogen (secondary N) is 2. The van der Waals surface area contributed by atoms with Crippen LogP contribution in [0.25, 0.3) is 0 Å². The van der Waals surface area contributed by atoms with Crippen molar-refractivity contribution in [2.24, 2.45) is 0 Å². The molecule has 1 amide bonds. The molecule has 0 aromatic heterocycles. The standard InChI is InChI=1S/C18H22N2O4S/c1-14-7-9-16(10-8-14)20-18(21)15-5-3-6-17(13-15)25(22,23)19-11-4-12-24-2/h3,5-10,13,19H,4,11-12H2,1-2H3,(H,20,21). The molecule has 0 bridgehead atoms. The molecule has 0 aliphatic rings. The average molecular weight is 362 g/mol. The van der Waals surface area contributed by atoms with E-state index in [0.717, 1.165) is 5.56 Å². The van der Waals surface area contributed by atoms with Gasteiger partial charge in [-0.25, -0.2) is 13.1 Å². The molecule has 0 heterocycles. The third-order valence-corrected chi connectivity index (χ3v) is 4.99. The summed E-state index contributed by atoms with van der Waals surface area (Å²) in [4.78, 5) is 12.4. The van der Waals surface area contributed by atoms with E-state index in [-0.39, 0.29) is 22.9 Å². The number of aryl methyl sites for hydroxylation is 1. The molecule has 7 heteroatoms. The van der Waals surface area contributed by atoms with Crippen molar-refractivity contribution in [3.05, 3.63) is 59.7 Å². The number of ether oxygens (including phenoxy) is 1. The van der Waals surface area contributed by atoms with Crippen LogP contribution in [0.2, 0.25) is 0 Å². The SMILES string of the molecule is COCCCNS(=O)(=O)c1cccc(C(=O)Nc2ccc(C)cc2)c1. The smallest absolute Gasteiger partial charge is 0.255 e. The van der Waals surface area contributed by atoms with Gasteiger partial charge in [0, 0.05) is 31.5 Å². The molecule has 0 atom stereocenters. The second-order valence-electron chi connectivity index (χ2n) is 5.59. The highest BCUT2D eigenvalue weighted by Gasteiger charge is 2.16. The number of methoxy groups -OCH3 is 1. The largest absolute Gasteiger partial charge is 0.385 e. The van der Waals surface area contributed by atoms with Gasteiger partial charge < -0.3 is 10.1 Å². The molecule has 0 saturated carbocycles. The molecule has 134 valence electrons. The number of carbonyl (C=O) groups is 1. The minimum atomic E-state index is -3.66. The van der Waals surface area contributed by atoms with E-state index in [2.05, 4.69) is 10.0 Å². The molecular weight excluding hydrogens is 340 g/mol. The van der Waals surface area contributed by atoms with Gasteiger partial charge in [-0.05, 0) is 43.7 Å². The molecule has 0 spiro atoms. The summed E-state index contributed by atoms with van der Waals surface area (Å²) in [5.41, 5.74) is 2.02. The van der Waals surface area contributed by atoms with Crippen LogP contribution in [-0.4, -0.2) is 34.6 Å². The molecule has 2 aromatic carbocycles. The lowest BCUT2D eigenvalue weighted by atomic mass is 10.2. The van der Waals surface area contributed by atoms with E-state index in [1.54, 1.807) is 31.4 Å². The maximum absolute atomic E-state index is 12.3. The first-order valence-corrected chi connectivity index (χ1v) is 9.37. The van der Waals surface area contributed by atoms with Gasteiger partial charge in [0.2, 0.25) is 10.0 Å². The van der Waals surface area contributed by atoms with E-state index in [0.29, 0.717) is 18.7 Å². The molecule has 0 saturated heterocycles. The minimum absolute atomic E-state index is 0.0569. The molecule has 0 unspecified atom stereocenters. The maximum atomic E-state index is 12.3. The van der Waals surface area contributed by atoms with Gasteiger partial charge in [0.05, 0.1) is 4.90 Å². The summed E-state index contributed by atoms with van der Waals surface area (Å²) >= 11 is 0. The molecule has 6 nitrogen and oxygen atoms in total. The maximum Gasteiger partial charge on any atom is 0.255 e. The van der Waals surface area contributed by atoms with Gasteiger partial charge in [-0.1, -0.05) is 23.8 Å². The van der Waals surface area contributed by atoms with E-state index in [4.69, 9.17) is 4.74 Å². The van der Waals surface area contributed by atoms with Crippen LogP contribution < -0.4 is 10.0 Å². The lowest BCUT2D eigenvalue weighted by Gasteiger charge is -2.09. The fourth-order valence-corrected chi connectivity index (χ4v) is 3.27. The zero-order chi connectivity index (χ0) is 18.3. The van der Waals surface area contributed by atoms with Crippen LogP contribution >= 0.6 is 0 Å². The zero-order valence-corrected chi connectivity index (χ0v) is 15.1. The quantitative estimate of drug-likeness (QED) is 0.707. The summed E-state index contributed by atoms with van der Waals surface area (Å²) in [5.74, 6) is -0.361. The Balaban J connectivity index is 2.09. The minimum Gasteiger partial charge on any atom is -0.385 e. The topological polar surface area (TPSA) is 84.5 Å². The summed E-state index contributed by atoms with van der Waals surface area (Å²) in [6, 6.07) is 13.3. The third kappa shape index (κ3) is 5.67. The Morgan fingerprint density at radius 1 is 1.12 bits per heavy atom. The van der Waals surface area contributed by atoms with Gasteiger partial charge in [-0.2, -0.15) is 0 Å². The Kier molecular flexibility index (Phi) is 6.69. The van der Waals surface area contributed by atoms with Crippen molar-refractivity contribution >= 4 is 21.6 Å². The Hall–Kier alpha value is -2.22. The van der Waals surface area contributed by atoms with Gasteiger partial charge in [-0.15, -0.1) is 0 Å². The number of rotatable bonds is 8. The number of benzene rings is 2. The summed E-state index contributed by atoms with van der Waals surface area (Å²) < 4.78 is 31.9. The van der Waals surface area contributed by atoms with E-state index in [1.807, 2.05) is 19.1 Å². The van der Waals surface area contributed by atoms with Gasteiger partial charge in [0.25, 0.3) is 5.91 Å². The number of carbonyl (C=O) groups excluding carboxylic acids is 1. The number of amides is 1. The normalized spacial score (nSPS) is 11.3. The Morgan fingerprint density at radius 3 is 2.52 bits per heavy atom. The summed E-state index contributed by atoms with van der Waals surface area (Å²) in [7, 11) is -2.10. The fourth-order valence-electron chi connectivity index (χ4n) is 2.15. The number of hydrogen-bond donors (Lipinski definition) is 2. The van der Waals surface area contributed by atoms with Gasteiger partial charge >= 0.3 is 0 Å². The first kappa shape index (κ1) is 19.1. The first-order chi connectivity index (χ1) is 11.9. The van der Waals surface area contributed by atoms with E-state index < -0.39 is 10.0 Å². The third-order valence-electron chi connectivity index (χ3n) is 3.53. The predicted molar refractivity (Wildman–Crippen MR) is 97.3 cm³/mol. The van der Waals surface area contributed by atoms with Crippen LogP contribution in [0.15, 0.2) is 53.4 Å². The van der Waals surface area contributed by atoms with Crippen LogP contribution in [0.5, 0.6) is 0 Å². The summed E-state index contributed by atoms with van der Waals surface area (Å²) in [6.45, 7) is 2.71. The molecule has 0 fully saturated rings. The fraction of sp³-hybridized carbons (Fsp3) is 0.278. The van der Waals surface area contributed by atoms with Crippen molar-refractivity contribution in [1.29, 1.82) is 0 Å². The molecule has 2 rings (SSSR count). The highest BCUT2D eigenvalue weighted by molar-refractivity contribution is 7.89. The van der Waals surface area contributed by atoms with E-state index >= 15 is 0 Å². The zero-order valence-electron chi connectivity index (χ0n) is 14.3. The average Bonchev–Trinajstić information content (AvgIpc) is 2.61. The molecule has 2 aromatic rings. The highest BCUT2D eigenvalue weighted by Crippen LogP contribution is 2.14. The second kappa shape index (κ2) is 8.75. The van der Waals surface area contributed by atoms with Crippen molar-refractivity contribution < 1.29 is 17.9 Å². The number of anilines is 1. The molecule has 25 heavy (non-hydrogen) atoms. The highest BCUT2D eigenvalue weighted by atomic mass is 32.2. The van der Waals surface area contributed by atoms with Gasteiger partial charge in [-0.3, -0.25) is 4.79 Å². The van der Waals surface area contributed by atoms with Crippen LogP contribution in [0.3, 0.4) is 0 Å². The van der Waals surface area contributed by atoms with Crippen molar-refractivity contribution in [3.63, 3.8) is 0 Å². The lowest BCUT2D eigenvalue weighted by molar-refractivity contribution is 0.102. The molecule has 0 aliphatic heterocycles. The monoisotopic (exact) mass is 362 g/mol. The van der Waals surface area contributed by atoms with E-state index in [1.165, 1.54) is 12.1 Å². The molecule has 0 aliphatic carbocycles.